The number of carbonyl (C=O) groups is 1. The number of methoxy groups -OCH3 is 2. The molecule has 1 aliphatic heterocycles. The van der Waals surface area contributed by atoms with Gasteiger partial charge in [0.2, 0.25) is 0 Å². The molecule has 0 unspecified atom stereocenters. The van der Waals surface area contributed by atoms with Crippen molar-refractivity contribution < 1.29 is 19.0 Å². The van der Waals surface area contributed by atoms with Crippen LogP contribution in [0.3, 0.4) is 0 Å². The summed E-state index contributed by atoms with van der Waals surface area (Å²) in [4.78, 5) is 22.4. The fourth-order valence-electron chi connectivity index (χ4n) is 3.91. The Morgan fingerprint density at radius 2 is 1.91 bits per heavy atom. The molecule has 0 N–H and O–H groups in total. The van der Waals surface area contributed by atoms with Crippen molar-refractivity contribution in [3.05, 3.63) is 53.1 Å². The van der Waals surface area contributed by atoms with Crippen molar-refractivity contribution in [1.29, 1.82) is 0 Å². The Kier molecular flexibility index (Phi) is 7.82. The Morgan fingerprint density at radius 1 is 1.15 bits per heavy atom. The maximum absolute atomic E-state index is 13.4. The minimum atomic E-state index is -0.100. The SMILES string of the molecule is COc1ccc(/C=C/C(=O)N(CCN2CCOCC2)c2nc3c(C)c(C)ccc3s2)cc1OC. The summed E-state index contributed by atoms with van der Waals surface area (Å²) in [6.07, 6.45) is 3.40. The third-order valence-electron chi connectivity index (χ3n) is 6.14. The predicted molar refractivity (Wildman–Crippen MR) is 137 cm³/mol. The summed E-state index contributed by atoms with van der Waals surface area (Å²) < 4.78 is 17.2. The number of ether oxygens (including phenoxy) is 3. The molecule has 180 valence electrons. The molecule has 1 aromatic heterocycles. The highest BCUT2D eigenvalue weighted by Gasteiger charge is 2.21. The largest absolute Gasteiger partial charge is 0.493 e. The van der Waals surface area contributed by atoms with Gasteiger partial charge in [0.05, 0.1) is 37.6 Å². The van der Waals surface area contributed by atoms with Crippen molar-refractivity contribution in [2.75, 3.05) is 58.5 Å². The van der Waals surface area contributed by atoms with Crippen LogP contribution in [0.4, 0.5) is 5.13 Å². The zero-order valence-electron chi connectivity index (χ0n) is 20.2. The van der Waals surface area contributed by atoms with Crippen molar-refractivity contribution in [2.45, 2.75) is 13.8 Å². The number of fused-ring (bicyclic) bond motifs is 1. The summed E-state index contributed by atoms with van der Waals surface area (Å²) >= 11 is 1.56. The van der Waals surface area contributed by atoms with Gasteiger partial charge >= 0.3 is 0 Å². The lowest BCUT2D eigenvalue weighted by Crippen LogP contribution is -2.42. The highest BCUT2D eigenvalue weighted by molar-refractivity contribution is 7.22. The number of rotatable bonds is 8. The van der Waals surface area contributed by atoms with Gasteiger partial charge in [-0.05, 0) is 54.8 Å². The average molecular weight is 482 g/mol. The van der Waals surface area contributed by atoms with Gasteiger partial charge < -0.3 is 14.2 Å². The molecule has 8 heteroatoms. The van der Waals surface area contributed by atoms with E-state index >= 15 is 0 Å². The van der Waals surface area contributed by atoms with Gasteiger partial charge in [0.1, 0.15) is 0 Å². The van der Waals surface area contributed by atoms with Gasteiger partial charge in [0, 0.05) is 32.3 Å². The molecule has 7 nitrogen and oxygen atoms in total. The number of anilines is 1. The van der Waals surface area contributed by atoms with Crippen LogP contribution in [0.2, 0.25) is 0 Å². The molecule has 4 rings (SSSR count). The Bertz CT molecular complexity index is 1180. The average Bonchev–Trinajstić information content (AvgIpc) is 3.30. The molecule has 0 radical (unpaired) electrons. The number of morpholine rings is 1. The monoisotopic (exact) mass is 481 g/mol. The van der Waals surface area contributed by atoms with E-state index in [2.05, 4.69) is 30.9 Å². The van der Waals surface area contributed by atoms with E-state index in [1.807, 2.05) is 18.2 Å². The standard InChI is InChI=1S/C26H31N3O4S/c1-18-5-9-23-25(19(18)2)27-26(34-23)29(12-11-28-13-15-33-16-14-28)24(30)10-7-20-6-8-21(31-3)22(17-20)32-4/h5-10,17H,11-16H2,1-4H3/b10-7+. The number of hydrogen-bond acceptors (Lipinski definition) is 7. The van der Waals surface area contributed by atoms with E-state index in [9.17, 15) is 4.79 Å². The summed E-state index contributed by atoms with van der Waals surface area (Å²) in [6, 6.07) is 9.77. The quantitative estimate of drug-likeness (QED) is 0.447. The van der Waals surface area contributed by atoms with E-state index in [0.717, 1.165) is 59.3 Å². The van der Waals surface area contributed by atoms with Crippen LogP contribution in [0, 0.1) is 13.8 Å². The molecule has 1 fully saturated rings. The summed E-state index contributed by atoms with van der Waals surface area (Å²) in [5.74, 6) is 1.17. The van der Waals surface area contributed by atoms with Gasteiger partial charge in [-0.15, -0.1) is 0 Å². The highest BCUT2D eigenvalue weighted by Crippen LogP contribution is 2.32. The van der Waals surface area contributed by atoms with Gasteiger partial charge in [-0.3, -0.25) is 14.6 Å². The van der Waals surface area contributed by atoms with Crippen LogP contribution in [0.5, 0.6) is 11.5 Å². The van der Waals surface area contributed by atoms with Gasteiger partial charge in [-0.1, -0.05) is 23.5 Å². The first kappa shape index (κ1) is 24.2. The lowest BCUT2D eigenvalue weighted by Gasteiger charge is -2.28. The molecule has 1 aliphatic rings. The number of amides is 1. The zero-order valence-corrected chi connectivity index (χ0v) is 21.0. The maximum Gasteiger partial charge on any atom is 0.252 e. The van der Waals surface area contributed by atoms with E-state index in [-0.39, 0.29) is 5.91 Å². The minimum Gasteiger partial charge on any atom is -0.493 e. The van der Waals surface area contributed by atoms with E-state index in [1.54, 1.807) is 42.6 Å². The number of nitrogens with zero attached hydrogens (tertiary/aromatic N) is 3. The first-order valence-corrected chi connectivity index (χ1v) is 12.2. The number of carbonyl (C=O) groups excluding carboxylic acids is 1. The van der Waals surface area contributed by atoms with Gasteiger partial charge in [-0.2, -0.15) is 0 Å². The molecule has 2 aromatic carbocycles. The van der Waals surface area contributed by atoms with E-state index in [4.69, 9.17) is 19.2 Å². The lowest BCUT2D eigenvalue weighted by atomic mass is 10.1. The highest BCUT2D eigenvalue weighted by atomic mass is 32.1. The number of aryl methyl sites for hydroxylation is 2. The molecule has 2 heterocycles. The topological polar surface area (TPSA) is 64.1 Å². The lowest BCUT2D eigenvalue weighted by molar-refractivity contribution is -0.114. The molecule has 0 saturated carbocycles. The van der Waals surface area contributed by atoms with Gasteiger partial charge in [0.15, 0.2) is 16.6 Å². The van der Waals surface area contributed by atoms with Crippen LogP contribution >= 0.6 is 11.3 Å². The van der Waals surface area contributed by atoms with Crippen LogP contribution in [-0.2, 0) is 9.53 Å². The second kappa shape index (κ2) is 11.0. The first-order chi connectivity index (χ1) is 16.5. The van der Waals surface area contributed by atoms with Crippen LogP contribution in [0.1, 0.15) is 16.7 Å². The van der Waals surface area contributed by atoms with E-state index < -0.39 is 0 Å². The van der Waals surface area contributed by atoms with Gasteiger partial charge in [0.25, 0.3) is 5.91 Å². The Morgan fingerprint density at radius 3 is 2.65 bits per heavy atom. The second-order valence-corrected chi connectivity index (χ2v) is 9.25. The second-order valence-electron chi connectivity index (χ2n) is 8.24. The third kappa shape index (κ3) is 5.41. The van der Waals surface area contributed by atoms with Crippen molar-refractivity contribution in [3.8, 4) is 11.5 Å². The molecule has 0 spiro atoms. The minimum absolute atomic E-state index is 0.100. The molecular weight excluding hydrogens is 450 g/mol. The number of thiazole rings is 1. The molecule has 1 amide bonds. The first-order valence-electron chi connectivity index (χ1n) is 11.4. The summed E-state index contributed by atoms with van der Waals surface area (Å²) in [5, 5.41) is 0.721. The molecule has 0 aliphatic carbocycles. The molecule has 1 saturated heterocycles. The van der Waals surface area contributed by atoms with Crippen molar-refractivity contribution in [1.82, 2.24) is 9.88 Å². The fourth-order valence-corrected chi connectivity index (χ4v) is 4.97. The summed E-state index contributed by atoms with van der Waals surface area (Å²) in [6.45, 7) is 8.71. The summed E-state index contributed by atoms with van der Waals surface area (Å²) in [7, 11) is 3.20. The molecule has 3 aromatic rings. The number of hydrogen-bond donors (Lipinski definition) is 0. The van der Waals surface area contributed by atoms with E-state index in [1.165, 1.54) is 5.56 Å². The Hall–Kier alpha value is -2.94. The van der Waals surface area contributed by atoms with Crippen LogP contribution in [0.15, 0.2) is 36.4 Å². The smallest absolute Gasteiger partial charge is 0.252 e. The zero-order chi connectivity index (χ0) is 24.1. The fraction of sp³-hybridized carbons (Fsp3) is 0.385. The van der Waals surface area contributed by atoms with Gasteiger partial charge in [-0.25, -0.2) is 4.98 Å². The summed E-state index contributed by atoms with van der Waals surface area (Å²) in [5.41, 5.74) is 4.17. The number of benzene rings is 2. The molecular formula is C26H31N3O4S. The maximum atomic E-state index is 13.4. The number of aromatic nitrogens is 1. The molecule has 34 heavy (non-hydrogen) atoms. The van der Waals surface area contributed by atoms with Crippen molar-refractivity contribution >= 4 is 38.7 Å². The van der Waals surface area contributed by atoms with Crippen molar-refractivity contribution in [3.63, 3.8) is 0 Å². The van der Waals surface area contributed by atoms with Crippen molar-refractivity contribution in [2.24, 2.45) is 0 Å². The Labute approximate surface area is 204 Å². The van der Waals surface area contributed by atoms with E-state index in [0.29, 0.717) is 18.0 Å². The van der Waals surface area contributed by atoms with Crippen LogP contribution in [0.25, 0.3) is 16.3 Å². The molecule has 0 bridgehead atoms. The van der Waals surface area contributed by atoms with Crippen LogP contribution in [-0.4, -0.2) is 69.4 Å². The molecule has 0 atom stereocenters. The van der Waals surface area contributed by atoms with Crippen LogP contribution < -0.4 is 14.4 Å². The predicted octanol–water partition coefficient (Wildman–Crippen LogP) is 4.31. The normalized spacial score (nSPS) is 14.6. The Balaban J connectivity index is 1.60. The third-order valence-corrected chi connectivity index (χ3v) is 7.18.